The molecule has 0 saturated heterocycles. The van der Waals surface area contributed by atoms with Gasteiger partial charge in [-0.2, -0.15) is 0 Å². The largest absolute Gasteiger partial charge is 0.397 e. The summed E-state index contributed by atoms with van der Waals surface area (Å²) in [6, 6.07) is 3.45. The second-order valence-electron chi connectivity index (χ2n) is 3.45. The van der Waals surface area contributed by atoms with Crippen molar-refractivity contribution in [2.75, 3.05) is 24.1 Å². The highest BCUT2D eigenvalue weighted by atomic mass is 79.9. The second-order valence-corrected chi connectivity index (χ2v) is 5.22. The molecule has 94 valence electrons. The van der Waals surface area contributed by atoms with Gasteiger partial charge in [0.25, 0.3) is 0 Å². The maximum atomic E-state index is 11.9. The standard InChI is InChI=1S/C11H15Br2N3O/c1-3-16(4-2)11(17)15-10-8(13)5-7(12)6-9(10)14/h5-6H,3-4,14H2,1-2H3,(H,15,17). The third kappa shape index (κ3) is 3.61. The number of halogens is 2. The van der Waals surface area contributed by atoms with E-state index in [-0.39, 0.29) is 6.03 Å². The molecule has 0 aliphatic rings. The van der Waals surface area contributed by atoms with Crippen molar-refractivity contribution in [1.29, 1.82) is 0 Å². The van der Waals surface area contributed by atoms with Crippen LogP contribution in [0, 0.1) is 0 Å². The van der Waals surface area contributed by atoms with Gasteiger partial charge in [0.1, 0.15) is 0 Å². The summed E-state index contributed by atoms with van der Waals surface area (Å²) in [6.45, 7) is 5.19. The van der Waals surface area contributed by atoms with Gasteiger partial charge in [-0.3, -0.25) is 0 Å². The van der Waals surface area contributed by atoms with Gasteiger partial charge in [0.2, 0.25) is 0 Å². The van der Waals surface area contributed by atoms with Crippen molar-refractivity contribution in [3.8, 4) is 0 Å². The van der Waals surface area contributed by atoms with Crippen LogP contribution in [0.5, 0.6) is 0 Å². The predicted octanol–water partition coefficient (Wildman–Crippen LogP) is 3.67. The van der Waals surface area contributed by atoms with Crippen LogP contribution in [0.15, 0.2) is 21.1 Å². The first-order chi connectivity index (χ1) is 7.99. The Bertz CT molecular complexity index is 396. The fraction of sp³-hybridized carbons (Fsp3) is 0.364. The lowest BCUT2D eigenvalue weighted by Gasteiger charge is -2.20. The summed E-state index contributed by atoms with van der Waals surface area (Å²) in [7, 11) is 0. The van der Waals surface area contributed by atoms with Crippen LogP contribution >= 0.6 is 31.9 Å². The normalized spacial score (nSPS) is 10.1. The van der Waals surface area contributed by atoms with E-state index in [4.69, 9.17) is 5.73 Å². The molecule has 0 aliphatic heterocycles. The van der Waals surface area contributed by atoms with Crippen molar-refractivity contribution in [3.63, 3.8) is 0 Å². The van der Waals surface area contributed by atoms with Crippen LogP contribution in [0.1, 0.15) is 13.8 Å². The number of hydrogen-bond donors (Lipinski definition) is 2. The van der Waals surface area contributed by atoms with Crippen molar-refractivity contribution in [2.45, 2.75) is 13.8 Å². The van der Waals surface area contributed by atoms with Crippen molar-refractivity contribution in [3.05, 3.63) is 21.1 Å². The lowest BCUT2D eigenvalue weighted by atomic mass is 10.3. The van der Waals surface area contributed by atoms with Crippen molar-refractivity contribution in [2.24, 2.45) is 0 Å². The highest BCUT2D eigenvalue weighted by Gasteiger charge is 2.13. The van der Waals surface area contributed by atoms with Gasteiger partial charge in [0, 0.05) is 22.0 Å². The number of nitrogens with zero attached hydrogens (tertiary/aromatic N) is 1. The smallest absolute Gasteiger partial charge is 0.321 e. The van der Waals surface area contributed by atoms with E-state index in [0.29, 0.717) is 24.5 Å². The number of urea groups is 1. The molecule has 17 heavy (non-hydrogen) atoms. The van der Waals surface area contributed by atoms with E-state index in [9.17, 15) is 4.79 Å². The molecule has 0 fully saturated rings. The molecule has 1 aromatic carbocycles. The van der Waals surface area contributed by atoms with Gasteiger partial charge >= 0.3 is 6.03 Å². The third-order valence-electron chi connectivity index (χ3n) is 2.37. The fourth-order valence-electron chi connectivity index (χ4n) is 1.42. The van der Waals surface area contributed by atoms with Crippen LogP contribution < -0.4 is 11.1 Å². The number of rotatable bonds is 3. The maximum Gasteiger partial charge on any atom is 0.321 e. The molecule has 1 rings (SSSR count). The molecule has 2 amide bonds. The number of amides is 2. The highest BCUT2D eigenvalue weighted by molar-refractivity contribution is 9.11. The van der Waals surface area contributed by atoms with Crippen LogP contribution in [-0.2, 0) is 0 Å². The minimum absolute atomic E-state index is 0.148. The molecule has 0 spiro atoms. The number of anilines is 2. The van der Waals surface area contributed by atoms with Crippen molar-refractivity contribution in [1.82, 2.24) is 4.90 Å². The van der Waals surface area contributed by atoms with E-state index in [1.165, 1.54) is 0 Å². The zero-order valence-corrected chi connectivity index (χ0v) is 12.9. The van der Waals surface area contributed by atoms with Gasteiger partial charge in [0.05, 0.1) is 11.4 Å². The van der Waals surface area contributed by atoms with E-state index >= 15 is 0 Å². The number of nitrogen functional groups attached to an aromatic ring is 1. The zero-order chi connectivity index (χ0) is 13.0. The average Bonchev–Trinajstić information content (AvgIpc) is 2.25. The van der Waals surface area contributed by atoms with E-state index in [1.807, 2.05) is 19.9 Å². The number of benzene rings is 1. The Balaban J connectivity index is 2.92. The summed E-state index contributed by atoms with van der Waals surface area (Å²) >= 11 is 6.71. The number of nitrogens with one attached hydrogen (secondary N) is 1. The molecule has 0 heterocycles. The first-order valence-corrected chi connectivity index (χ1v) is 6.88. The Kier molecular flexibility index (Phi) is 5.27. The SMILES string of the molecule is CCN(CC)C(=O)Nc1c(N)cc(Br)cc1Br. The van der Waals surface area contributed by atoms with Crippen LogP contribution in [0.2, 0.25) is 0 Å². The minimum atomic E-state index is -0.148. The molecular weight excluding hydrogens is 350 g/mol. The monoisotopic (exact) mass is 363 g/mol. The molecule has 0 radical (unpaired) electrons. The first-order valence-electron chi connectivity index (χ1n) is 5.30. The number of carbonyl (C=O) groups excluding carboxylic acids is 1. The first kappa shape index (κ1) is 14.3. The summed E-state index contributed by atoms with van der Waals surface area (Å²) in [4.78, 5) is 13.6. The Morgan fingerprint density at radius 2 is 1.94 bits per heavy atom. The quantitative estimate of drug-likeness (QED) is 0.804. The Hall–Kier alpha value is -0.750. The second kappa shape index (κ2) is 6.26. The van der Waals surface area contributed by atoms with Gasteiger partial charge in [-0.05, 0) is 41.9 Å². The molecule has 0 saturated carbocycles. The molecule has 0 atom stereocenters. The molecule has 1 aromatic rings. The van der Waals surface area contributed by atoms with Gasteiger partial charge < -0.3 is 16.0 Å². The zero-order valence-electron chi connectivity index (χ0n) is 9.76. The van der Waals surface area contributed by atoms with E-state index in [0.717, 1.165) is 8.95 Å². The maximum absolute atomic E-state index is 11.9. The Labute approximate surface area is 118 Å². The van der Waals surface area contributed by atoms with Crippen molar-refractivity contribution >= 4 is 49.3 Å². The number of hydrogen-bond acceptors (Lipinski definition) is 2. The van der Waals surface area contributed by atoms with Gasteiger partial charge in [-0.25, -0.2) is 4.79 Å². The summed E-state index contributed by atoms with van der Waals surface area (Å²) in [5.41, 5.74) is 6.98. The highest BCUT2D eigenvalue weighted by Crippen LogP contribution is 2.32. The molecule has 0 unspecified atom stereocenters. The van der Waals surface area contributed by atoms with Gasteiger partial charge in [-0.15, -0.1) is 0 Å². The lowest BCUT2D eigenvalue weighted by Crippen LogP contribution is -2.34. The minimum Gasteiger partial charge on any atom is -0.397 e. The summed E-state index contributed by atoms with van der Waals surface area (Å²) in [5.74, 6) is 0. The number of carbonyl (C=O) groups is 1. The average molecular weight is 365 g/mol. The molecule has 0 bridgehead atoms. The van der Waals surface area contributed by atoms with E-state index in [1.54, 1.807) is 11.0 Å². The summed E-state index contributed by atoms with van der Waals surface area (Å²) < 4.78 is 1.62. The van der Waals surface area contributed by atoms with Gasteiger partial charge in [0.15, 0.2) is 0 Å². The van der Waals surface area contributed by atoms with Crippen LogP contribution in [-0.4, -0.2) is 24.0 Å². The van der Waals surface area contributed by atoms with Crippen LogP contribution in [0.25, 0.3) is 0 Å². The van der Waals surface area contributed by atoms with Gasteiger partial charge in [-0.1, -0.05) is 15.9 Å². The van der Waals surface area contributed by atoms with E-state index in [2.05, 4.69) is 37.2 Å². The lowest BCUT2D eigenvalue weighted by molar-refractivity contribution is 0.217. The van der Waals surface area contributed by atoms with Crippen molar-refractivity contribution < 1.29 is 4.79 Å². The molecule has 3 N–H and O–H groups in total. The fourth-order valence-corrected chi connectivity index (χ4v) is 2.78. The predicted molar refractivity (Wildman–Crippen MR) is 78.2 cm³/mol. The summed E-state index contributed by atoms with van der Waals surface area (Å²) in [6.07, 6.45) is 0. The molecule has 0 aliphatic carbocycles. The molecule has 6 heteroatoms. The molecular formula is C11H15Br2N3O. The topological polar surface area (TPSA) is 58.4 Å². The molecule has 4 nitrogen and oxygen atoms in total. The Morgan fingerprint density at radius 1 is 1.35 bits per heavy atom. The van der Waals surface area contributed by atoms with Crippen LogP contribution in [0.3, 0.4) is 0 Å². The third-order valence-corrected chi connectivity index (χ3v) is 3.45. The molecule has 0 aromatic heterocycles. The summed E-state index contributed by atoms with van der Waals surface area (Å²) in [5, 5.41) is 2.80. The van der Waals surface area contributed by atoms with E-state index < -0.39 is 0 Å². The van der Waals surface area contributed by atoms with Crippen LogP contribution in [0.4, 0.5) is 16.2 Å². The number of nitrogens with two attached hydrogens (primary N) is 1. The Morgan fingerprint density at radius 3 is 2.41 bits per heavy atom.